The highest BCUT2D eigenvalue weighted by molar-refractivity contribution is 5.91. The molecule has 8 N–H and O–H groups in total. The van der Waals surface area contributed by atoms with E-state index in [4.69, 9.17) is 11.5 Å². The first-order valence-electron chi connectivity index (χ1n) is 7.30. The summed E-state index contributed by atoms with van der Waals surface area (Å²) in [5.41, 5.74) is 10.9. The third-order valence-electron chi connectivity index (χ3n) is 3.19. The first-order valence-corrected chi connectivity index (χ1v) is 7.30. The summed E-state index contributed by atoms with van der Waals surface area (Å²) in [7, 11) is 0. The Morgan fingerprint density at radius 3 is 2.24 bits per heavy atom. The molecule has 0 aliphatic carbocycles. The molecule has 0 radical (unpaired) electrons. The van der Waals surface area contributed by atoms with E-state index in [1.165, 1.54) is 24.3 Å². The Hall–Kier alpha value is -3.14. The molecule has 25 heavy (non-hydrogen) atoms. The molecule has 0 saturated heterocycles. The minimum absolute atomic E-state index is 0.00348. The monoisotopic (exact) mass is 352 g/mol. The molecule has 0 bridgehead atoms. The van der Waals surface area contributed by atoms with Gasteiger partial charge in [-0.3, -0.25) is 14.4 Å². The minimum Gasteiger partial charge on any atom is -0.508 e. The first kappa shape index (κ1) is 19.9. The van der Waals surface area contributed by atoms with Crippen molar-refractivity contribution in [3.05, 3.63) is 29.8 Å². The smallest absolute Gasteiger partial charge is 0.326 e. The molecule has 10 nitrogen and oxygen atoms in total. The normalized spacial score (nSPS) is 12.7. The van der Waals surface area contributed by atoms with E-state index in [-0.39, 0.29) is 18.6 Å². The first-order chi connectivity index (χ1) is 11.7. The molecule has 1 rings (SSSR count). The number of carbonyl (C=O) groups excluding carboxylic acids is 3. The Labute approximate surface area is 143 Å². The molecular weight excluding hydrogens is 332 g/mol. The molecule has 0 aromatic heterocycles. The van der Waals surface area contributed by atoms with Gasteiger partial charge in [-0.2, -0.15) is 0 Å². The maximum Gasteiger partial charge on any atom is 0.326 e. The van der Waals surface area contributed by atoms with Crippen LogP contribution in [0.5, 0.6) is 5.75 Å². The largest absolute Gasteiger partial charge is 0.508 e. The zero-order valence-electron chi connectivity index (χ0n) is 13.3. The lowest BCUT2D eigenvalue weighted by Crippen LogP contribution is -2.49. The van der Waals surface area contributed by atoms with Gasteiger partial charge in [0.15, 0.2) is 0 Å². The van der Waals surface area contributed by atoms with Crippen LogP contribution in [0.15, 0.2) is 24.3 Å². The number of phenolic OH excluding ortho intramolecular Hbond substituents is 1. The molecule has 2 unspecified atom stereocenters. The number of phenols is 1. The van der Waals surface area contributed by atoms with Crippen molar-refractivity contribution in [2.24, 2.45) is 11.5 Å². The zero-order valence-corrected chi connectivity index (χ0v) is 13.3. The van der Waals surface area contributed by atoms with Crippen molar-refractivity contribution in [3.63, 3.8) is 0 Å². The van der Waals surface area contributed by atoms with Gasteiger partial charge >= 0.3 is 5.97 Å². The van der Waals surface area contributed by atoms with Gasteiger partial charge in [0.05, 0.1) is 19.0 Å². The number of aromatic hydroxyl groups is 1. The van der Waals surface area contributed by atoms with Crippen LogP contribution in [0.1, 0.15) is 12.0 Å². The van der Waals surface area contributed by atoms with Gasteiger partial charge in [0, 0.05) is 6.42 Å². The number of nitrogens with one attached hydrogen (secondary N) is 2. The molecule has 1 aromatic rings. The molecule has 3 amide bonds. The zero-order chi connectivity index (χ0) is 19.0. The van der Waals surface area contributed by atoms with E-state index >= 15 is 0 Å². The van der Waals surface area contributed by atoms with Crippen LogP contribution in [0.3, 0.4) is 0 Å². The Bertz CT molecular complexity index is 646. The van der Waals surface area contributed by atoms with E-state index in [0.717, 1.165) is 0 Å². The number of hydrogen-bond donors (Lipinski definition) is 6. The minimum atomic E-state index is -1.25. The summed E-state index contributed by atoms with van der Waals surface area (Å²) in [6, 6.07) is 3.46. The number of carboxylic acid groups (broad SMARTS) is 1. The van der Waals surface area contributed by atoms with E-state index in [1.807, 2.05) is 0 Å². The number of primary amides is 1. The molecule has 1 aromatic carbocycles. The van der Waals surface area contributed by atoms with Crippen LogP contribution in [0.25, 0.3) is 0 Å². The van der Waals surface area contributed by atoms with Crippen LogP contribution in [0.4, 0.5) is 0 Å². The van der Waals surface area contributed by atoms with E-state index < -0.39 is 42.3 Å². The second-order valence-electron chi connectivity index (χ2n) is 5.32. The quantitative estimate of drug-likeness (QED) is 0.292. The number of carbonyl (C=O) groups is 4. The Kier molecular flexibility index (Phi) is 7.35. The number of carboxylic acids is 1. The van der Waals surface area contributed by atoms with E-state index in [1.54, 1.807) is 0 Å². The maximum absolute atomic E-state index is 11.8. The van der Waals surface area contributed by atoms with Crippen molar-refractivity contribution in [1.29, 1.82) is 0 Å². The second kappa shape index (κ2) is 9.23. The predicted molar refractivity (Wildman–Crippen MR) is 86.2 cm³/mol. The van der Waals surface area contributed by atoms with Gasteiger partial charge in [-0.05, 0) is 17.7 Å². The number of benzene rings is 1. The highest BCUT2D eigenvalue weighted by Gasteiger charge is 2.22. The van der Waals surface area contributed by atoms with Crippen molar-refractivity contribution in [1.82, 2.24) is 10.6 Å². The lowest BCUT2D eigenvalue weighted by Gasteiger charge is -2.16. The van der Waals surface area contributed by atoms with E-state index in [2.05, 4.69) is 10.6 Å². The van der Waals surface area contributed by atoms with Crippen molar-refractivity contribution in [2.45, 2.75) is 24.9 Å². The number of aliphatic carboxylic acids is 1. The molecule has 0 heterocycles. The lowest BCUT2D eigenvalue weighted by molar-refractivity contribution is -0.141. The summed E-state index contributed by atoms with van der Waals surface area (Å²) in [6.07, 6.45) is -0.372. The highest BCUT2D eigenvalue weighted by Crippen LogP contribution is 2.11. The van der Waals surface area contributed by atoms with Crippen molar-refractivity contribution in [2.75, 3.05) is 6.54 Å². The maximum atomic E-state index is 11.8. The van der Waals surface area contributed by atoms with Gasteiger partial charge < -0.3 is 32.3 Å². The third-order valence-corrected chi connectivity index (χ3v) is 3.19. The van der Waals surface area contributed by atoms with Crippen LogP contribution in [-0.2, 0) is 25.6 Å². The Morgan fingerprint density at radius 1 is 1.12 bits per heavy atom. The van der Waals surface area contributed by atoms with Gasteiger partial charge in [-0.25, -0.2) is 4.79 Å². The molecule has 0 spiro atoms. The van der Waals surface area contributed by atoms with Crippen LogP contribution >= 0.6 is 0 Å². The van der Waals surface area contributed by atoms with Gasteiger partial charge in [0.1, 0.15) is 11.8 Å². The van der Waals surface area contributed by atoms with Crippen LogP contribution < -0.4 is 22.1 Å². The summed E-state index contributed by atoms with van der Waals surface area (Å²) < 4.78 is 0. The average molecular weight is 352 g/mol. The number of amides is 3. The number of nitrogens with two attached hydrogens (primary N) is 2. The Balaban J connectivity index is 2.53. The molecule has 136 valence electrons. The lowest BCUT2D eigenvalue weighted by atomic mass is 10.1. The molecule has 0 saturated carbocycles. The Morgan fingerprint density at radius 2 is 1.72 bits per heavy atom. The van der Waals surface area contributed by atoms with Gasteiger partial charge in [0.25, 0.3) is 0 Å². The number of hydrogen-bond acceptors (Lipinski definition) is 6. The van der Waals surface area contributed by atoms with Crippen LogP contribution in [0, 0.1) is 0 Å². The highest BCUT2D eigenvalue weighted by atomic mass is 16.4. The molecule has 0 aliphatic rings. The summed E-state index contributed by atoms with van der Waals surface area (Å²) in [6.45, 7) is -0.495. The predicted octanol–water partition coefficient (Wildman–Crippen LogP) is -2.18. The topological polar surface area (TPSA) is 185 Å². The van der Waals surface area contributed by atoms with Crippen LogP contribution in [-0.4, -0.2) is 52.5 Å². The molecule has 2 atom stereocenters. The standard InChI is InChI=1S/C15H20N4O6/c16-10(6-12(17)21)14(23)18-7-13(22)19-11(15(24)25)5-8-1-3-9(20)4-2-8/h1-4,10-11,20H,5-7,16H2,(H2,17,21)(H,18,23)(H,19,22)(H,24,25). The molecule has 0 aliphatic heterocycles. The molecular formula is C15H20N4O6. The van der Waals surface area contributed by atoms with Crippen LogP contribution in [0.2, 0.25) is 0 Å². The summed E-state index contributed by atoms with van der Waals surface area (Å²) >= 11 is 0. The average Bonchev–Trinajstić information content (AvgIpc) is 2.53. The summed E-state index contributed by atoms with van der Waals surface area (Å²) in [5, 5.41) is 22.8. The molecule has 10 heteroatoms. The van der Waals surface area contributed by atoms with Gasteiger partial charge in [-0.1, -0.05) is 12.1 Å². The second-order valence-corrected chi connectivity index (χ2v) is 5.32. The third kappa shape index (κ3) is 7.31. The fourth-order valence-corrected chi connectivity index (χ4v) is 1.92. The van der Waals surface area contributed by atoms with Gasteiger partial charge in [-0.15, -0.1) is 0 Å². The van der Waals surface area contributed by atoms with Gasteiger partial charge in [0.2, 0.25) is 17.7 Å². The summed E-state index contributed by atoms with van der Waals surface area (Å²) in [4.78, 5) is 45.3. The van der Waals surface area contributed by atoms with E-state index in [9.17, 15) is 29.4 Å². The van der Waals surface area contributed by atoms with Crippen molar-refractivity contribution < 1.29 is 29.4 Å². The fourth-order valence-electron chi connectivity index (χ4n) is 1.92. The summed E-state index contributed by atoms with van der Waals surface area (Å²) in [5.74, 6) is -3.45. The van der Waals surface area contributed by atoms with Crippen molar-refractivity contribution in [3.8, 4) is 5.75 Å². The SMILES string of the molecule is NC(=O)CC(N)C(=O)NCC(=O)NC(Cc1ccc(O)cc1)C(=O)O. The number of rotatable bonds is 9. The van der Waals surface area contributed by atoms with E-state index in [0.29, 0.717) is 5.56 Å². The fraction of sp³-hybridized carbons (Fsp3) is 0.333. The molecule has 0 fully saturated rings. The van der Waals surface area contributed by atoms with Crippen molar-refractivity contribution >= 4 is 23.7 Å².